The summed E-state index contributed by atoms with van der Waals surface area (Å²) in [4.78, 5) is 11.3. The van der Waals surface area contributed by atoms with E-state index >= 15 is 0 Å². The third-order valence-electron chi connectivity index (χ3n) is 2.37. The van der Waals surface area contributed by atoms with Crippen LogP contribution in [0.1, 0.15) is 18.5 Å². The van der Waals surface area contributed by atoms with Crippen molar-refractivity contribution in [3.8, 4) is 0 Å². The van der Waals surface area contributed by atoms with Crippen molar-refractivity contribution in [2.45, 2.75) is 13.0 Å². The van der Waals surface area contributed by atoms with Gasteiger partial charge < -0.3 is 10.5 Å². The van der Waals surface area contributed by atoms with Gasteiger partial charge in [0.25, 0.3) is 0 Å². The Labute approximate surface area is 97.7 Å². The molecular weight excluding hydrogens is 258 g/mol. The molecule has 1 aromatic rings. The van der Waals surface area contributed by atoms with E-state index in [1.54, 1.807) is 6.92 Å². The molecule has 0 aliphatic carbocycles. The van der Waals surface area contributed by atoms with E-state index in [4.69, 9.17) is 5.73 Å². The minimum atomic E-state index is -0.337. The van der Waals surface area contributed by atoms with Crippen molar-refractivity contribution >= 4 is 21.9 Å². The van der Waals surface area contributed by atoms with Gasteiger partial charge in [0.2, 0.25) is 0 Å². The molecule has 0 bridgehead atoms. The molecule has 0 spiro atoms. The van der Waals surface area contributed by atoms with Gasteiger partial charge in [-0.25, -0.2) is 0 Å². The summed E-state index contributed by atoms with van der Waals surface area (Å²) >= 11 is 3.34. The number of nitrogens with two attached hydrogens (primary N) is 1. The molecule has 0 amide bonds. The summed E-state index contributed by atoms with van der Waals surface area (Å²) in [5.41, 5.74) is 6.88. The molecule has 1 rings (SSSR count). The Balaban J connectivity index is 2.80. The number of methoxy groups -OCH3 is 1. The normalized spacial score (nSPS) is 14.4. The first kappa shape index (κ1) is 12.2. The van der Waals surface area contributed by atoms with Crippen molar-refractivity contribution in [3.63, 3.8) is 0 Å². The second-order valence-electron chi connectivity index (χ2n) is 3.39. The minimum Gasteiger partial charge on any atom is -0.469 e. The SMILES string of the molecule is COC(=O)C(C)C(N)c1ccc(Br)cc1. The van der Waals surface area contributed by atoms with Gasteiger partial charge >= 0.3 is 5.97 Å². The molecule has 0 aliphatic rings. The van der Waals surface area contributed by atoms with Crippen LogP contribution in [0.2, 0.25) is 0 Å². The molecule has 0 radical (unpaired) electrons. The Morgan fingerprint density at radius 1 is 1.40 bits per heavy atom. The molecule has 0 saturated carbocycles. The summed E-state index contributed by atoms with van der Waals surface area (Å²) < 4.78 is 5.64. The van der Waals surface area contributed by atoms with Gasteiger partial charge in [-0.1, -0.05) is 35.0 Å². The number of hydrogen-bond donors (Lipinski definition) is 1. The zero-order valence-corrected chi connectivity index (χ0v) is 10.3. The third-order valence-corrected chi connectivity index (χ3v) is 2.90. The topological polar surface area (TPSA) is 52.3 Å². The van der Waals surface area contributed by atoms with E-state index in [0.29, 0.717) is 0 Å². The predicted octanol–water partition coefficient (Wildman–Crippen LogP) is 2.26. The highest BCUT2D eigenvalue weighted by Gasteiger charge is 2.22. The lowest BCUT2D eigenvalue weighted by molar-refractivity contribution is -0.145. The fourth-order valence-corrected chi connectivity index (χ4v) is 1.57. The first-order valence-corrected chi connectivity index (χ1v) is 5.44. The lowest BCUT2D eigenvalue weighted by Crippen LogP contribution is -2.26. The zero-order valence-electron chi connectivity index (χ0n) is 8.74. The fraction of sp³-hybridized carbons (Fsp3) is 0.364. The third kappa shape index (κ3) is 3.04. The number of benzene rings is 1. The molecule has 0 aliphatic heterocycles. The van der Waals surface area contributed by atoms with Gasteiger partial charge in [-0.3, -0.25) is 4.79 Å². The molecule has 2 unspecified atom stereocenters. The second-order valence-corrected chi connectivity index (χ2v) is 4.30. The largest absolute Gasteiger partial charge is 0.469 e. The first-order chi connectivity index (χ1) is 7.06. The van der Waals surface area contributed by atoms with Crippen LogP contribution in [0.15, 0.2) is 28.7 Å². The van der Waals surface area contributed by atoms with Crippen LogP contribution in [0, 0.1) is 5.92 Å². The Morgan fingerprint density at radius 3 is 2.40 bits per heavy atom. The van der Waals surface area contributed by atoms with Crippen molar-refractivity contribution in [2.75, 3.05) is 7.11 Å². The molecule has 82 valence electrons. The molecule has 2 atom stereocenters. The van der Waals surface area contributed by atoms with Crippen molar-refractivity contribution < 1.29 is 9.53 Å². The fourth-order valence-electron chi connectivity index (χ4n) is 1.31. The van der Waals surface area contributed by atoms with Gasteiger partial charge in [-0.05, 0) is 17.7 Å². The number of halogens is 1. The van der Waals surface area contributed by atoms with E-state index < -0.39 is 0 Å². The van der Waals surface area contributed by atoms with Gasteiger partial charge in [-0.15, -0.1) is 0 Å². The monoisotopic (exact) mass is 271 g/mol. The van der Waals surface area contributed by atoms with Crippen LogP contribution in [-0.2, 0) is 9.53 Å². The van der Waals surface area contributed by atoms with Crippen LogP contribution in [0.5, 0.6) is 0 Å². The number of rotatable bonds is 3. The lowest BCUT2D eigenvalue weighted by Gasteiger charge is -2.17. The van der Waals surface area contributed by atoms with Crippen LogP contribution in [0.3, 0.4) is 0 Å². The summed E-state index contributed by atoms with van der Waals surface area (Å²) in [6, 6.07) is 7.27. The van der Waals surface area contributed by atoms with Crippen molar-refractivity contribution in [2.24, 2.45) is 11.7 Å². The summed E-state index contributed by atoms with van der Waals surface area (Å²) in [5, 5.41) is 0. The number of carbonyl (C=O) groups is 1. The van der Waals surface area contributed by atoms with Gasteiger partial charge in [0.05, 0.1) is 13.0 Å². The Kier molecular flexibility index (Phi) is 4.29. The average molecular weight is 272 g/mol. The maximum atomic E-state index is 11.3. The van der Waals surface area contributed by atoms with Crippen molar-refractivity contribution in [1.82, 2.24) is 0 Å². The molecule has 0 aromatic heterocycles. The van der Waals surface area contributed by atoms with Crippen LogP contribution in [0.4, 0.5) is 0 Å². The van der Waals surface area contributed by atoms with Gasteiger partial charge in [0.1, 0.15) is 0 Å². The summed E-state index contributed by atoms with van der Waals surface area (Å²) in [6.45, 7) is 1.76. The standard InChI is InChI=1S/C11H14BrNO2/c1-7(11(14)15-2)10(13)8-3-5-9(12)6-4-8/h3-7,10H,13H2,1-2H3. The lowest BCUT2D eigenvalue weighted by atomic mass is 9.96. The predicted molar refractivity (Wildman–Crippen MR) is 62.3 cm³/mol. The van der Waals surface area contributed by atoms with E-state index in [-0.39, 0.29) is 17.9 Å². The highest BCUT2D eigenvalue weighted by molar-refractivity contribution is 9.10. The highest BCUT2D eigenvalue weighted by atomic mass is 79.9. The van der Waals surface area contributed by atoms with E-state index in [2.05, 4.69) is 20.7 Å². The molecule has 3 nitrogen and oxygen atoms in total. The highest BCUT2D eigenvalue weighted by Crippen LogP contribution is 2.22. The number of esters is 1. The average Bonchev–Trinajstić information content (AvgIpc) is 2.27. The van der Waals surface area contributed by atoms with E-state index in [9.17, 15) is 4.79 Å². The van der Waals surface area contributed by atoms with Gasteiger partial charge in [-0.2, -0.15) is 0 Å². The van der Waals surface area contributed by atoms with Crippen LogP contribution in [-0.4, -0.2) is 13.1 Å². The molecule has 0 heterocycles. The summed E-state index contributed by atoms with van der Waals surface area (Å²) in [7, 11) is 1.37. The quantitative estimate of drug-likeness (QED) is 0.859. The summed E-state index contributed by atoms with van der Waals surface area (Å²) in [6.07, 6.45) is 0. The Morgan fingerprint density at radius 2 is 1.93 bits per heavy atom. The van der Waals surface area contributed by atoms with Crippen molar-refractivity contribution in [1.29, 1.82) is 0 Å². The smallest absolute Gasteiger partial charge is 0.310 e. The molecule has 2 N–H and O–H groups in total. The first-order valence-electron chi connectivity index (χ1n) is 4.65. The maximum absolute atomic E-state index is 11.3. The summed E-state index contributed by atoms with van der Waals surface area (Å²) in [5.74, 6) is -0.624. The zero-order chi connectivity index (χ0) is 11.4. The molecule has 0 saturated heterocycles. The maximum Gasteiger partial charge on any atom is 0.310 e. The van der Waals surface area contributed by atoms with Crippen molar-refractivity contribution in [3.05, 3.63) is 34.3 Å². The van der Waals surface area contributed by atoms with Gasteiger partial charge in [0.15, 0.2) is 0 Å². The minimum absolute atomic E-state index is 0.287. The molecule has 1 aromatic carbocycles. The van der Waals surface area contributed by atoms with E-state index in [1.165, 1.54) is 7.11 Å². The van der Waals surface area contributed by atoms with Crippen LogP contribution in [0.25, 0.3) is 0 Å². The Hall–Kier alpha value is -0.870. The van der Waals surface area contributed by atoms with Crippen LogP contribution >= 0.6 is 15.9 Å². The number of hydrogen-bond acceptors (Lipinski definition) is 3. The molecule has 15 heavy (non-hydrogen) atoms. The second kappa shape index (κ2) is 5.28. The molecule has 0 fully saturated rings. The van der Waals surface area contributed by atoms with Gasteiger partial charge in [0, 0.05) is 10.5 Å². The Bertz CT molecular complexity index is 337. The molecule has 4 heteroatoms. The molecular formula is C11H14BrNO2. The number of ether oxygens (including phenoxy) is 1. The number of carbonyl (C=O) groups excluding carboxylic acids is 1. The van der Waals surface area contributed by atoms with E-state index in [0.717, 1.165) is 10.0 Å². The van der Waals surface area contributed by atoms with Crippen LogP contribution < -0.4 is 5.73 Å². The van der Waals surface area contributed by atoms with E-state index in [1.807, 2.05) is 24.3 Å².